The number of nitrogens with one attached hydrogen (secondary N) is 1. The van der Waals surface area contributed by atoms with E-state index in [1.807, 2.05) is 6.92 Å². The number of ether oxygens (including phenoxy) is 1. The fourth-order valence-corrected chi connectivity index (χ4v) is 2.35. The molecule has 1 aromatic heterocycles. The lowest BCUT2D eigenvalue weighted by atomic mass is 9.93. The monoisotopic (exact) mass is 263 g/mol. The standard InChI is InChI=1S/C14H21N3O2/c1-2-4-13(18)17-11-5-7-12(8-6-11)19-14-15-9-3-10-16-14/h3,9-12H,2,4-8H2,1H3,(H,17,18). The Labute approximate surface area is 113 Å². The zero-order valence-corrected chi connectivity index (χ0v) is 11.3. The first kappa shape index (κ1) is 13.8. The molecule has 104 valence electrons. The average Bonchev–Trinajstić information content (AvgIpc) is 2.42. The van der Waals surface area contributed by atoms with Crippen molar-refractivity contribution in [1.29, 1.82) is 0 Å². The average molecular weight is 263 g/mol. The van der Waals surface area contributed by atoms with Crippen LogP contribution in [0.2, 0.25) is 0 Å². The number of rotatable bonds is 5. The van der Waals surface area contributed by atoms with Crippen LogP contribution in [0.25, 0.3) is 0 Å². The summed E-state index contributed by atoms with van der Waals surface area (Å²) in [6.07, 6.45) is 8.86. The number of aromatic nitrogens is 2. The van der Waals surface area contributed by atoms with Gasteiger partial charge in [-0.05, 0) is 38.2 Å². The summed E-state index contributed by atoms with van der Waals surface area (Å²) >= 11 is 0. The van der Waals surface area contributed by atoms with Crippen molar-refractivity contribution in [3.8, 4) is 6.01 Å². The SMILES string of the molecule is CCCC(=O)NC1CCC(Oc2ncccn2)CC1. The minimum Gasteiger partial charge on any atom is -0.460 e. The van der Waals surface area contributed by atoms with Gasteiger partial charge in [0.15, 0.2) is 0 Å². The number of hydrogen-bond acceptors (Lipinski definition) is 4. The Morgan fingerprint density at radius 3 is 2.63 bits per heavy atom. The summed E-state index contributed by atoms with van der Waals surface area (Å²) in [5.74, 6) is 0.165. The summed E-state index contributed by atoms with van der Waals surface area (Å²) in [5.41, 5.74) is 0. The van der Waals surface area contributed by atoms with Gasteiger partial charge in [-0.3, -0.25) is 4.79 Å². The molecule has 19 heavy (non-hydrogen) atoms. The lowest BCUT2D eigenvalue weighted by Gasteiger charge is -2.28. The highest BCUT2D eigenvalue weighted by atomic mass is 16.5. The Bertz CT molecular complexity index is 389. The second kappa shape index (κ2) is 7.07. The molecule has 1 aromatic rings. The van der Waals surface area contributed by atoms with E-state index in [0.717, 1.165) is 32.1 Å². The Morgan fingerprint density at radius 1 is 1.32 bits per heavy atom. The normalized spacial score (nSPS) is 22.8. The summed E-state index contributed by atoms with van der Waals surface area (Å²) in [7, 11) is 0. The van der Waals surface area contributed by atoms with Gasteiger partial charge in [-0.1, -0.05) is 6.92 Å². The highest BCUT2D eigenvalue weighted by molar-refractivity contribution is 5.76. The lowest BCUT2D eigenvalue weighted by molar-refractivity contribution is -0.122. The Morgan fingerprint density at radius 2 is 2.00 bits per heavy atom. The maximum Gasteiger partial charge on any atom is 0.316 e. The lowest BCUT2D eigenvalue weighted by Crippen LogP contribution is -2.39. The van der Waals surface area contributed by atoms with E-state index in [9.17, 15) is 4.79 Å². The van der Waals surface area contributed by atoms with E-state index in [1.54, 1.807) is 18.5 Å². The molecule has 5 nitrogen and oxygen atoms in total. The molecule has 1 amide bonds. The van der Waals surface area contributed by atoms with Crippen LogP contribution in [0.5, 0.6) is 6.01 Å². The number of carbonyl (C=O) groups excluding carboxylic acids is 1. The van der Waals surface area contributed by atoms with E-state index in [-0.39, 0.29) is 12.0 Å². The minimum absolute atomic E-state index is 0.165. The van der Waals surface area contributed by atoms with Crippen molar-refractivity contribution >= 4 is 5.91 Å². The quantitative estimate of drug-likeness (QED) is 0.883. The van der Waals surface area contributed by atoms with Gasteiger partial charge in [-0.15, -0.1) is 0 Å². The molecule has 0 aliphatic heterocycles. The van der Waals surface area contributed by atoms with Crippen LogP contribution in [0, 0.1) is 0 Å². The van der Waals surface area contributed by atoms with Gasteiger partial charge in [0, 0.05) is 24.9 Å². The van der Waals surface area contributed by atoms with Crippen molar-refractivity contribution in [3.05, 3.63) is 18.5 Å². The molecular weight excluding hydrogens is 242 g/mol. The predicted molar refractivity (Wildman–Crippen MR) is 71.8 cm³/mol. The first-order valence-electron chi connectivity index (χ1n) is 7.01. The van der Waals surface area contributed by atoms with Crippen molar-refractivity contribution in [2.45, 2.75) is 57.6 Å². The van der Waals surface area contributed by atoms with E-state index in [2.05, 4.69) is 15.3 Å². The van der Waals surface area contributed by atoms with Gasteiger partial charge in [-0.25, -0.2) is 9.97 Å². The largest absolute Gasteiger partial charge is 0.460 e. The first-order chi connectivity index (χ1) is 9.28. The number of hydrogen-bond donors (Lipinski definition) is 1. The summed E-state index contributed by atoms with van der Waals surface area (Å²) in [6.45, 7) is 2.02. The van der Waals surface area contributed by atoms with Crippen LogP contribution in [-0.4, -0.2) is 28.0 Å². The van der Waals surface area contributed by atoms with E-state index >= 15 is 0 Å². The molecule has 0 aromatic carbocycles. The summed E-state index contributed by atoms with van der Waals surface area (Å²) in [6, 6.07) is 2.52. The van der Waals surface area contributed by atoms with Crippen molar-refractivity contribution in [2.24, 2.45) is 0 Å². The van der Waals surface area contributed by atoms with E-state index in [0.29, 0.717) is 18.5 Å². The van der Waals surface area contributed by atoms with Crippen molar-refractivity contribution < 1.29 is 9.53 Å². The van der Waals surface area contributed by atoms with E-state index in [4.69, 9.17) is 4.74 Å². The third-order valence-corrected chi connectivity index (χ3v) is 3.33. The second-order valence-electron chi connectivity index (χ2n) is 4.94. The molecule has 1 heterocycles. The Kier molecular flexibility index (Phi) is 5.12. The zero-order valence-electron chi connectivity index (χ0n) is 11.3. The molecule has 0 unspecified atom stereocenters. The summed E-state index contributed by atoms with van der Waals surface area (Å²) in [4.78, 5) is 19.6. The van der Waals surface area contributed by atoms with Gasteiger partial charge in [0.25, 0.3) is 0 Å². The molecule has 0 bridgehead atoms. The maximum absolute atomic E-state index is 11.5. The van der Waals surface area contributed by atoms with Gasteiger partial charge in [0.05, 0.1) is 0 Å². The van der Waals surface area contributed by atoms with Crippen LogP contribution >= 0.6 is 0 Å². The number of carbonyl (C=O) groups is 1. The molecular formula is C14H21N3O2. The van der Waals surface area contributed by atoms with Crippen LogP contribution in [0.15, 0.2) is 18.5 Å². The summed E-state index contributed by atoms with van der Waals surface area (Å²) in [5, 5.41) is 3.08. The summed E-state index contributed by atoms with van der Waals surface area (Å²) < 4.78 is 5.72. The van der Waals surface area contributed by atoms with Crippen LogP contribution in [0.1, 0.15) is 45.4 Å². The van der Waals surface area contributed by atoms with Crippen molar-refractivity contribution in [1.82, 2.24) is 15.3 Å². The van der Waals surface area contributed by atoms with Crippen molar-refractivity contribution in [3.63, 3.8) is 0 Å². The molecule has 0 saturated heterocycles. The van der Waals surface area contributed by atoms with Gasteiger partial charge < -0.3 is 10.1 Å². The fraction of sp³-hybridized carbons (Fsp3) is 0.643. The molecule has 1 aliphatic rings. The number of nitrogens with zero attached hydrogens (tertiary/aromatic N) is 2. The molecule has 0 radical (unpaired) electrons. The smallest absolute Gasteiger partial charge is 0.316 e. The molecule has 1 N–H and O–H groups in total. The topological polar surface area (TPSA) is 64.1 Å². The van der Waals surface area contributed by atoms with Crippen LogP contribution in [0.3, 0.4) is 0 Å². The highest BCUT2D eigenvalue weighted by Gasteiger charge is 2.23. The Hall–Kier alpha value is -1.65. The highest BCUT2D eigenvalue weighted by Crippen LogP contribution is 2.22. The predicted octanol–water partition coefficient (Wildman–Crippen LogP) is 2.08. The van der Waals surface area contributed by atoms with Gasteiger partial charge in [0.2, 0.25) is 5.91 Å². The zero-order chi connectivity index (χ0) is 13.5. The van der Waals surface area contributed by atoms with E-state index < -0.39 is 0 Å². The molecule has 1 saturated carbocycles. The third-order valence-electron chi connectivity index (χ3n) is 3.33. The number of amides is 1. The molecule has 1 fully saturated rings. The maximum atomic E-state index is 11.5. The van der Waals surface area contributed by atoms with E-state index in [1.165, 1.54) is 0 Å². The van der Waals surface area contributed by atoms with Crippen LogP contribution in [-0.2, 0) is 4.79 Å². The fourth-order valence-electron chi connectivity index (χ4n) is 2.35. The minimum atomic E-state index is 0.165. The van der Waals surface area contributed by atoms with Crippen LogP contribution in [0.4, 0.5) is 0 Å². The first-order valence-corrected chi connectivity index (χ1v) is 7.01. The molecule has 1 aliphatic carbocycles. The molecule has 0 spiro atoms. The van der Waals surface area contributed by atoms with Gasteiger partial charge in [-0.2, -0.15) is 0 Å². The second-order valence-corrected chi connectivity index (χ2v) is 4.94. The third kappa shape index (κ3) is 4.50. The van der Waals surface area contributed by atoms with Crippen molar-refractivity contribution in [2.75, 3.05) is 0 Å². The molecule has 0 atom stereocenters. The molecule has 5 heteroatoms. The van der Waals surface area contributed by atoms with Crippen LogP contribution < -0.4 is 10.1 Å². The molecule has 2 rings (SSSR count). The van der Waals surface area contributed by atoms with Gasteiger partial charge >= 0.3 is 6.01 Å². The Balaban J connectivity index is 1.72. The van der Waals surface area contributed by atoms with Gasteiger partial charge in [0.1, 0.15) is 6.10 Å².